The Morgan fingerprint density at radius 3 is 2.61 bits per heavy atom. The first-order valence-corrected chi connectivity index (χ1v) is 11.4. The number of aromatic nitrogens is 3. The Morgan fingerprint density at radius 2 is 1.94 bits per heavy atom. The van der Waals surface area contributed by atoms with E-state index < -0.39 is 11.5 Å². The van der Waals surface area contributed by atoms with Crippen LogP contribution in [-0.2, 0) is 4.79 Å². The van der Waals surface area contributed by atoms with Gasteiger partial charge < -0.3 is 9.80 Å². The van der Waals surface area contributed by atoms with Crippen molar-refractivity contribution in [3.05, 3.63) is 64.1 Å². The number of rotatable bonds is 5. The predicted molar refractivity (Wildman–Crippen MR) is 125 cm³/mol. The van der Waals surface area contributed by atoms with Crippen molar-refractivity contribution in [2.45, 2.75) is 32.1 Å². The maximum atomic E-state index is 15.3. The van der Waals surface area contributed by atoms with Crippen LogP contribution >= 0.6 is 0 Å². The van der Waals surface area contributed by atoms with E-state index in [1.807, 2.05) is 49.0 Å². The van der Waals surface area contributed by atoms with E-state index in [0.29, 0.717) is 25.3 Å². The predicted octanol–water partition coefficient (Wildman–Crippen LogP) is 3.47. The van der Waals surface area contributed by atoms with Crippen LogP contribution in [0.1, 0.15) is 36.6 Å². The molecule has 7 nitrogen and oxygen atoms in total. The maximum absolute atomic E-state index is 15.3. The second-order valence-electron chi connectivity index (χ2n) is 9.33. The number of nitrogens with zero attached hydrogens (tertiary/aromatic N) is 4. The smallest absolute Gasteiger partial charge is 0.348 e. The van der Waals surface area contributed by atoms with Gasteiger partial charge >= 0.3 is 5.69 Å². The van der Waals surface area contributed by atoms with Gasteiger partial charge in [0.25, 0.3) is 0 Å². The number of likely N-dealkylation sites (tertiary alicyclic amines) is 1. The first-order chi connectivity index (χ1) is 15.8. The lowest BCUT2D eigenvalue weighted by molar-refractivity contribution is -0.131. The van der Waals surface area contributed by atoms with Crippen LogP contribution in [0.5, 0.6) is 0 Å². The van der Waals surface area contributed by atoms with Gasteiger partial charge in [0.15, 0.2) is 0 Å². The Labute approximate surface area is 191 Å². The van der Waals surface area contributed by atoms with E-state index in [-0.39, 0.29) is 23.4 Å². The van der Waals surface area contributed by atoms with Crippen molar-refractivity contribution in [3.8, 4) is 16.8 Å². The first-order valence-electron chi connectivity index (χ1n) is 11.4. The number of halogens is 1. The molecule has 172 valence electrons. The van der Waals surface area contributed by atoms with Crippen LogP contribution in [-0.4, -0.2) is 52.8 Å². The highest BCUT2D eigenvalue weighted by Gasteiger charge is 2.38. The van der Waals surface area contributed by atoms with Crippen molar-refractivity contribution in [1.82, 2.24) is 19.7 Å². The van der Waals surface area contributed by atoms with Gasteiger partial charge in [-0.2, -0.15) is 5.10 Å². The molecule has 3 aromatic rings. The highest BCUT2D eigenvalue weighted by molar-refractivity contribution is 5.81. The van der Waals surface area contributed by atoms with Gasteiger partial charge in [0.05, 0.1) is 5.69 Å². The lowest BCUT2D eigenvalue weighted by Crippen LogP contribution is -2.30. The molecule has 1 aliphatic heterocycles. The maximum Gasteiger partial charge on any atom is 0.348 e. The summed E-state index contributed by atoms with van der Waals surface area (Å²) in [5.74, 6) is 0.228. The van der Waals surface area contributed by atoms with E-state index in [9.17, 15) is 9.59 Å². The summed E-state index contributed by atoms with van der Waals surface area (Å²) in [7, 11) is 3.96. The number of aryl methyl sites for hydroxylation is 1. The number of aromatic amines is 1. The molecule has 1 N–H and O–H groups in total. The summed E-state index contributed by atoms with van der Waals surface area (Å²) < 4.78 is 16.6. The van der Waals surface area contributed by atoms with E-state index >= 15 is 4.39 Å². The molecular formula is C25H28FN5O2. The molecule has 1 atom stereocenters. The Kier molecular flexibility index (Phi) is 5.31. The van der Waals surface area contributed by atoms with Crippen molar-refractivity contribution in [1.29, 1.82) is 0 Å². The number of H-pyrrole nitrogens is 1. The number of hydrogen-bond acceptors (Lipinski definition) is 4. The highest BCUT2D eigenvalue weighted by atomic mass is 19.1. The molecule has 2 aliphatic rings. The molecule has 1 saturated heterocycles. The molecule has 1 unspecified atom stereocenters. The van der Waals surface area contributed by atoms with Crippen molar-refractivity contribution < 1.29 is 9.18 Å². The Balaban J connectivity index is 1.45. The van der Waals surface area contributed by atoms with E-state index in [0.717, 1.165) is 35.2 Å². The van der Waals surface area contributed by atoms with Crippen LogP contribution in [0.2, 0.25) is 0 Å². The monoisotopic (exact) mass is 449 g/mol. The van der Waals surface area contributed by atoms with Crippen LogP contribution in [0.25, 0.3) is 16.8 Å². The lowest BCUT2D eigenvalue weighted by atomic mass is 9.99. The Hall–Kier alpha value is -3.42. The molecule has 0 bridgehead atoms. The van der Waals surface area contributed by atoms with Gasteiger partial charge in [-0.05, 0) is 67.1 Å². The molecule has 1 aliphatic carbocycles. The van der Waals surface area contributed by atoms with Gasteiger partial charge in [-0.3, -0.25) is 4.79 Å². The van der Waals surface area contributed by atoms with Gasteiger partial charge in [0, 0.05) is 44.7 Å². The quantitative estimate of drug-likeness (QED) is 0.647. The number of amides is 1. The van der Waals surface area contributed by atoms with Crippen LogP contribution in [0.3, 0.4) is 0 Å². The van der Waals surface area contributed by atoms with Crippen LogP contribution in [0, 0.1) is 18.7 Å². The number of anilines is 1. The summed E-state index contributed by atoms with van der Waals surface area (Å²) in [6, 6.07) is 11.0. The molecule has 33 heavy (non-hydrogen) atoms. The number of carbonyl (C=O) groups is 1. The summed E-state index contributed by atoms with van der Waals surface area (Å²) in [5, 5.41) is 6.68. The van der Waals surface area contributed by atoms with E-state index in [2.05, 4.69) is 16.3 Å². The van der Waals surface area contributed by atoms with Crippen LogP contribution in [0.4, 0.5) is 10.1 Å². The highest BCUT2D eigenvalue weighted by Crippen LogP contribution is 2.35. The third-order valence-electron chi connectivity index (χ3n) is 6.72. The summed E-state index contributed by atoms with van der Waals surface area (Å²) in [4.78, 5) is 28.9. The topological polar surface area (TPSA) is 74.2 Å². The van der Waals surface area contributed by atoms with Crippen LogP contribution in [0.15, 0.2) is 41.2 Å². The minimum atomic E-state index is -0.489. The number of carbonyl (C=O) groups excluding carboxylic acids is 1. The summed E-state index contributed by atoms with van der Waals surface area (Å²) >= 11 is 0. The van der Waals surface area contributed by atoms with Crippen molar-refractivity contribution in [3.63, 3.8) is 0 Å². The average Bonchev–Trinajstić information content (AvgIpc) is 3.40. The number of hydrogen-bond donors (Lipinski definition) is 1. The van der Waals surface area contributed by atoms with Crippen molar-refractivity contribution >= 4 is 11.6 Å². The zero-order valence-corrected chi connectivity index (χ0v) is 19.1. The van der Waals surface area contributed by atoms with Gasteiger partial charge in [-0.15, -0.1) is 0 Å². The van der Waals surface area contributed by atoms with Gasteiger partial charge in [-0.25, -0.2) is 18.9 Å². The van der Waals surface area contributed by atoms with Crippen LogP contribution < -0.4 is 10.6 Å². The molecule has 1 saturated carbocycles. The fourth-order valence-electron chi connectivity index (χ4n) is 4.68. The summed E-state index contributed by atoms with van der Waals surface area (Å²) in [6.45, 7) is 3.16. The normalized spacial score (nSPS) is 18.1. The lowest BCUT2D eigenvalue weighted by Gasteiger charge is -2.17. The minimum Gasteiger partial charge on any atom is -0.378 e. The third-order valence-corrected chi connectivity index (χ3v) is 6.72. The fraction of sp³-hybridized carbons (Fsp3) is 0.400. The fourth-order valence-corrected chi connectivity index (χ4v) is 4.68. The zero-order chi connectivity index (χ0) is 23.3. The minimum absolute atomic E-state index is 0.105. The van der Waals surface area contributed by atoms with E-state index in [1.54, 1.807) is 6.07 Å². The Bertz CT molecular complexity index is 1270. The molecule has 0 radical (unpaired) electrons. The van der Waals surface area contributed by atoms with Gasteiger partial charge in [-0.1, -0.05) is 12.1 Å². The molecule has 1 amide bonds. The largest absolute Gasteiger partial charge is 0.378 e. The van der Waals surface area contributed by atoms with E-state index in [1.165, 1.54) is 10.6 Å². The van der Waals surface area contributed by atoms with Crippen molar-refractivity contribution in [2.24, 2.45) is 5.92 Å². The molecule has 2 heterocycles. The first kappa shape index (κ1) is 21.4. The molecule has 2 fully saturated rings. The van der Waals surface area contributed by atoms with Gasteiger partial charge in [0.1, 0.15) is 11.6 Å². The third kappa shape index (κ3) is 3.94. The Morgan fingerprint density at radius 1 is 1.15 bits per heavy atom. The standard InChI is InChI=1S/C25H28FN5O2/c1-15-12-19(29(2)3)7-8-20(15)17-6-9-22(21(26)13-17)31-23(27-28-25(31)33)18-10-11-30(14-18)24(32)16-4-5-16/h6-9,12-13,16,18H,4-5,10-11,14H2,1-3H3,(H,28,33). The SMILES string of the molecule is Cc1cc(N(C)C)ccc1-c1ccc(-n2c(C3CCN(C(=O)C4CC4)C3)n[nH]c2=O)c(F)c1. The van der Waals surface area contributed by atoms with E-state index in [4.69, 9.17) is 0 Å². The summed E-state index contributed by atoms with van der Waals surface area (Å²) in [5.41, 5.74) is 3.50. The zero-order valence-electron chi connectivity index (χ0n) is 19.1. The molecule has 1 aromatic heterocycles. The molecular weight excluding hydrogens is 421 g/mol. The average molecular weight is 450 g/mol. The second kappa shape index (κ2) is 8.17. The van der Waals surface area contributed by atoms with Gasteiger partial charge in [0.2, 0.25) is 5.91 Å². The number of nitrogens with one attached hydrogen (secondary N) is 1. The van der Waals surface area contributed by atoms with Crippen molar-refractivity contribution in [2.75, 3.05) is 32.1 Å². The number of benzene rings is 2. The molecule has 2 aromatic carbocycles. The second-order valence-corrected chi connectivity index (χ2v) is 9.33. The summed E-state index contributed by atoms with van der Waals surface area (Å²) in [6.07, 6.45) is 2.63. The molecule has 8 heteroatoms. The molecule has 5 rings (SSSR count). The molecule has 0 spiro atoms.